The third kappa shape index (κ3) is 3.86. The Balaban J connectivity index is 2.74. The molecule has 1 nitrogen and oxygen atoms in total. The molecule has 1 rings (SSSR count). The third-order valence-corrected chi connectivity index (χ3v) is 2.79. The first kappa shape index (κ1) is 12.6. The molecule has 0 bridgehead atoms. The Morgan fingerprint density at radius 2 is 2.20 bits per heavy atom. The topological polar surface area (TPSA) is 12.0 Å². The zero-order valence-corrected chi connectivity index (χ0v) is 10.3. The van der Waals surface area contributed by atoms with Gasteiger partial charge in [-0.25, -0.2) is 0 Å². The van der Waals surface area contributed by atoms with E-state index in [9.17, 15) is 0 Å². The minimum Gasteiger partial charge on any atom is -0.310 e. The molecule has 0 radical (unpaired) electrons. The second kappa shape index (κ2) is 6.16. The van der Waals surface area contributed by atoms with Gasteiger partial charge in [-0.1, -0.05) is 42.3 Å². The summed E-state index contributed by atoms with van der Waals surface area (Å²) >= 11 is 11.9. The molecule has 0 saturated heterocycles. The van der Waals surface area contributed by atoms with Crippen molar-refractivity contribution >= 4 is 23.2 Å². The van der Waals surface area contributed by atoms with Crippen LogP contribution in [0.2, 0.25) is 10.0 Å². The van der Waals surface area contributed by atoms with Crippen LogP contribution in [-0.4, -0.2) is 12.6 Å². The van der Waals surface area contributed by atoms with Crippen LogP contribution in [0.4, 0.5) is 0 Å². The number of benzene rings is 1. The van der Waals surface area contributed by atoms with Gasteiger partial charge in [0.2, 0.25) is 0 Å². The van der Waals surface area contributed by atoms with Gasteiger partial charge in [0.05, 0.1) is 0 Å². The molecular weight excluding hydrogens is 229 g/mol. The lowest BCUT2D eigenvalue weighted by molar-refractivity contribution is 0.613. The van der Waals surface area contributed by atoms with Crippen LogP contribution in [-0.2, 0) is 6.42 Å². The van der Waals surface area contributed by atoms with Crippen LogP contribution in [0.3, 0.4) is 0 Å². The molecule has 1 atom stereocenters. The molecule has 1 unspecified atom stereocenters. The molecule has 1 N–H and O–H groups in total. The zero-order chi connectivity index (χ0) is 11.3. The van der Waals surface area contributed by atoms with Crippen LogP contribution in [0.5, 0.6) is 0 Å². The van der Waals surface area contributed by atoms with Crippen molar-refractivity contribution in [2.24, 2.45) is 0 Å². The largest absolute Gasteiger partial charge is 0.310 e. The summed E-state index contributed by atoms with van der Waals surface area (Å²) in [4.78, 5) is 0. The molecular formula is C12H15Cl2N. The Hall–Kier alpha value is -0.500. The van der Waals surface area contributed by atoms with E-state index in [1.807, 2.05) is 18.2 Å². The Morgan fingerprint density at radius 3 is 2.73 bits per heavy atom. The zero-order valence-electron chi connectivity index (χ0n) is 8.76. The molecule has 0 spiro atoms. The van der Waals surface area contributed by atoms with Gasteiger partial charge in [-0.3, -0.25) is 0 Å². The van der Waals surface area contributed by atoms with Crippen molar-refractivity contribution < 1.29 is 0 Å². The summed E-state index contributed by atoms with van der Waals surface area (Å²) in [6.45, 7) is 6.78. The highest BCUT2D eigenvalue weighted by Gasteiger charge is 2.07. The van der Waals surface area contributed by atoms with Crippen molar-refractivity contribution in [1.82, 2.24) is 5.32 Å². The summed E-state index contributed by atoms with van der Waals surface area (Å²) in [5, 5.41) is 4.70. The average Bonchev–Trinajstić information content (AvgIpc) is 2.21. The molecule has 0 aromatic heterocycles. The van der Waals surface area contributed by atoms with Crippen LogP contribution in [0, 0.1) is 0 Å². The first-order valence-corrected chi connectivity index (χ1v) is 5.72. The fraction of sp³-hybridized carbons (Fsp3) is 0.333. The molecule has 1 aromatic carbocycles. The van der Waals surface area contributed by atoms with E-state index in [1.54, 1.807) is 6.07 Å². The highest BCUT2D eigenvalue weighted by molar-refractivity contribution is 6.35. The number of likely N-dealkylation sites (N-methyl/N-ethyl adjacent to an activating group) is 1. The number of hydrogen-bond donors (Lipinski definition) is 1. The minimum absolute atomic E-state index is 0.258. The minimum atomic E-state index is 0.258. The first-order chi connectivity index (χ1) is 7.17. The average molecular weight is 244 g/mol. The molecule has 0 fully saturated rings. The summed E-state index contributed by atoms with van der Waals surface area (Å²) in [6.07, 6.45) is 2.74. The standard InChI is InChI=1S/C12H15Cl2N/c1-3-11(15-4-2)7-9-5-6-10(13)8-12(9)14/h3,5-6,8,11,15H,1,4,7H2,2H3. The normalized spacial score (nSPS) is 12.5. The summed E-state index contributed by atoms with van der Waals surface area (Å²) in [5.41, 5.74) is 1.09. The molecule has 0 saturated carbocycles. The van der Waals surface area contributed by atoms with E-state index in [4.69, 9.17) is 23.2 Å². The Bertz CT molecular complexity index is 336. The maximum Gasteiger partial charge on any atom is 0.0453 e. The molecule has 1 aromatic rings. The quantitative estimate of drug-likeness (QED) is 0.779. The van der Waals surface area contributed by atoms with Gasteiger partial charge in [0.25, 0.3) is 0 Å². The molecule has 3 heteroatoms. The van der Waals surface area contributed by atoms with Crippen molar-refractivity contribution in [1.29, 1.82) is 0 Å². The van der Waals surface area contributed by atoms with E-state index < -0.39 is 0 Å². The predicted molar refractivity (Wildman–Crippen MR) is 67.8 cm³/mol. The summed E-state index contributed by atoms with van der Waals surface area (Å²) in [5.74, 6) is 0. The molecule has 0 aliphatic rings. The van der Waals surface area contributed by atoms with Crippen molar-refractivity contribution in [2.75, 3.05) is 6.54 Å². The lowest BCUT2D eigenvalue weighted by atomic mass is 10.1. The van der Waals surface area contributed by atoms with Gasteiger partial charge in [-0.15, -0.1) is 6.58 Å². The fourth-order valence-corrected chi connectivity index (χ4v) is 1.91. The van der Waals surface area contributed by atoms with Gasteiger partial charge in [-0.05, 0) is 30.7 Å². The van der Waals surface area contributed by atoms with E-state index in [0.717, 1.165) is 18.5 Å². The lowest BCUT2D eigenvalue weighted by Gasteiger charge is -2.14. The maximum absolute atomic E-state index is 6.08. The van der Waals surface area contributed by atoms with Gasteiger partial charge in [0.1, 0.15) is 0 Å². The maximum atomic E-state index is 6.08. The van der Waals surface area contributed by atoms with Crippen molar-refractivity contribution in [3.05, 3.63) is 46.5 Å². The highest BCUT2D eigenvalue weighted by atomic mass is 35.5. The number of hydrogen-bond acceptors (Lipinski definition) is 1. The van der Waals surface area contributed by atoms with Crippen molar-refractivity contribution in [3.8, 4) is 0 Å². The first-order valence-electron chi connectivity index (χ1n) is 4.97. The van der Waals surface area contributed by atoms with Gasteiger partial charge in [0, 0.05) is 16.1 Å². The number of halogens is 2. The molecule has 0 aliphatic heterocycles. The third-order valence-electron chi connectivity index (χ3n) is 2.21. The summed E-state index contributed by atoms with van der Waals surface area (Å²) < 4.78 is 0. The van der Waals surface area contributed by atoms with E-state index in [2.05, 4.69) is 18.8 Å². The molecule has 15 heavy (non-hydrogen) atoms. The second-order valence-electron chi connectivity index (χ2n) is 3.34. The van der Waals surface area contributed by atoms with E-state index in [0.29, 0.717) is 10.0 Å². The van der Waals surface area contributed by atoms with Gasteiger partial charge >= 0.3 is 0 Å². The van der Waals surface area contributed by atoms with Crippen LogP contribution in [0.1, 0.15) is 12.5 Å². The van der Waals surface area contributed by atoms with Crippen molar-refractivity contribution in [3.63, 3.8) is 0 Å². The highest BCUT2D eigenvalue weighted by Crippen LogP contribution is 2.22. The number of rotatable bonds is 5. The molecule has 0 amide bonds. The molecule has 82 valence electrons. The van der Waals surface area contributed by atoms with Crippen LogP contribution in [0.15, 0.2) is 30.9 Å². The summed E-state index contributed by atoms with van der Waals surface area (Å²) in [6, 6.07) is 5.84. The van der Waals surface area contributed by atoms with Crippen LogP contribution >= 0.6 is 23.2 Å². The smallest absolute Gasteiger partial charge is 0.0453 e. The van der Waals surface area contributed by atoms with E-state index in [1.165, 1.54) is 0 Å². The predicted octanol–water partition coefficient (Wildman–Crippen LogP) is 3.70. The van der Waals surface area contributed by atoms with Crippen LogP contribution in [0.25, 0.3) is 0 Å². The molecule has 0 heterocycles. The Kier molecular flexibility index (Phi) is 5.16. The summed E-state index contributed by atoms with van der Waals surface area (Å²) in [7, 11) is 0. The van der Waals surface area contributed by atoms with Gasteiger partial charge < -0.3 is 5.32 Å². The Morgan fingerprint density at radius 1 is 1.47 bits per heavy atom. The van der Waals surface area contributed by atoms with E-state index >= 15 is 0 Å². The second-order valence-corrected chi connectivity index (χ2v) is 4.18. The fourth-order valence-electron chi connectivity index (χ4n) is 1.43. The monoisotopic (exact) mass is 243 g/mol. The lowest BCUT2D eigenvalue weighted by Crippen LogP contribution is -2.28. The SMILES string of the molecule is C=CC(Cc1ccc(Cl)cc1Cl)NCC. The van der Waals surface area contributed by atoms with E-state index in [-0.39, 0.29) is 6.04 Å². The van der Waals surface area contributed by atoms with Crippen molar-refractivity contribution in [2.45, 2.75) is 19.4 Å². The molecule has 0 aliphatic carbocycles. The Labute approximate surface area is 101 Å². The van der Waals surface area contributed by atoms with Gasteiger partial charge in [0.15, 0.2) is 0 Å². The number of nitrogens with one attached hydrogen (secondary N) is 1. The van der Waals surface area contributed by atoms with Crippen LogP contribution < -0.4 is 5.32 Å². The van der Waals surface area contributed by atoms with Gasteiger partial charge in [-0.2, -0.15) is 0 Å².